The Morgan fingerprint density at radius 3 is 2.92 bits per heavy atom. The van der Waals surface area contributed by atoms with Gasteiger partial charge in [0, 0.05) is 12.6 Å². The van der Waals surface area contributed by atoms with E-state index in [1.807, 2.05) is 31.2 Å². The van der Waals surface area contributed by atoms with Gasteiger partial charge in [0.1, 0.15) is 5.60 Å². The van der Waals surface area contributed by atoms with Gasteiger partial charge in [-0.25, -0.2) is 13.4 Å². The second-order valence-electron chi connectivity index (χ2n) is 6.63. The van der Waals surface area contributed by atoms with Crippen molar-refractivity contribution >= 4 is 15.8 Å². The van der Waals surface area contributed by atoms with Crippen LogP contribution >= 0.6 is 0 Å². The molecule has 7 heteroatoms. The number of sulfone groups is 1. The third-order valence-electron chi connectivity index (χ3n) is 4.74. The summed E-state index contributed by atoms with van der Waals surface area (Å²) in [5.74, 6) is 0.934. The Kier molecular flexibility index (Phi) is 4.83. The van der Waals surface area contributed by atoms with Gasteiger partial charge in [-0.3, -0.25) is 0 Å². The van der Waals surface area contributed by atoms with Crippen LogP contribution in [0.2, 0.25) is 0 Å². The zero-order chi connectivity index (χ0) is 17.2. The molecule has 3 N–H and O–H groups in total. The van der Waals surface area contributed by atoms with Crippen LogP contribution in [0.5, 0.6) is 0 Å². The fraction of sp³-hybridized carbons (Fsp3) is 0.588. The fourth-order valence-electron chi connectivity index (χ4n) is 3.46. The van der Waals surface area contributed by atoms with Gasteiger partial charge in [0.15, 0.2) is 15.8 Å². The average molecular weight is 351 g/mol. The summed E-state index contributed by atoms with van der Waals surface area (Å²) in [6.07, 6.45) is 2.11. The lowest BCUT2D eigenvalue weighted by Crippen LogP contribution is -2.44. The van der Waals surface area contributed by atoms with Gasteiger partial charge in [0.2, 0.25) is 0 Å². The monoisotopic (exact) mass is 351 g/mol. The quantitative estimate of drug-likeness (QED) is 0.545. The van der Waals surface area contributed by atoms with Crippen LogP contribution in [0.25, 0.3) is 0 Å². The van der Waals surface area contributed by atoms with E-state index in [9.17, 15) is 13.5 Å². The van der Waals surface area contributed by atoms with Gasteiger partial charge < -0.3 is 15.7 Å². The highest BCUT2D eigenvalue weighted by atomic mass is 32.2. The van der Waals surface area contributed by atoms with Crippen LogP contribution in [-0.4, -0.2) is 50.1 Å². The van der Waals surface area contributed by atoms with Gasteiger partial charge in [-0.1, -0.05) is 24.3 Å². The van der Waals surface area contributed by atoms with Gasteiger partial charge in [-0.15, -0.1) is 0 Å². The van der Waals surface area contributed by atoms with E-state index in [-0.39, 0.29) is 24.1 Å². The Balaban J connectivity index is 1.70. The molecule has 3 rings (SSSR count). The van der Waals surface area contributed by atoms with Crippen LogP contribution in [0.4, 0.5) is 0 Å². The summed E-state index contributed by atoms with van der Waals surface area (Å²) >= 11 is 0. The van der Waals surface area contributed by atoms with Gasteiger partial charge in [0.05, 0.1) is 18.1 Å². The lowest BCUT2D eigenvalue weighted by Gasteiger charge is -2.23. The predicted octanol–water partition coefficient (Wildman–Crippen LogP) is 0.563. The number of hydrogen-bond acceptors (Lipinski definition) is 4. The van der Waals surface area contributed by atoms with Crippen molar-refractivity contribution in [2.45, 2.75) is 37.8 Å². The van der Waals surface area contributed by atoms with Crippen molar-refractivity contribution in [1.82, 2.24) is 10.6 Å². The molecular formula is C17H25N3O3S. The minimum Gasteiger partial charge on any atom is -0.383 e. The first-order valence-electron chi connectivity index (χ1n) is 8.48. The van der Waals surface area contributed by atoms with Crippen LogP contribution in [0.3, 0.4) is 0 Å². The second kappa shape index (κ2) is 6.72. The zero-order valence-electron chi connectivity index (χ0n) is 14.0. The summed E-state index contributed by atoms with van der Waals surface area (Å²) in [7, 11) is -2.93. The maximum atomic E-state index is 11.6. The van der Waals surface area contributed by atoms with Crippen molar-refractivity contribution in [2.24, 2.45) is 4.99 Å². The maximum absolute atomic E-state index is 11.6. The Morgan fingerprint density at radius 2 is 2.21 bits per heavy atom. The summed E-state index contributed by atoms with van der Waals surface area (Å²) < 4.78 is 23.2. The molecule has 0 saturated carbocycles. The summed E-state index contributed by atoms with van der Waals surface area (Å²) in [5.41, 5.74) is 1.18. The normalized spacial score (nSPS) is 28.6. The van der Waals surface area contributed by atoms with Gasteiger partial charge >= 0.3 is 0 Å². The summed E-state index contributed by atoms with van der Waals surface area (Å²) in [5, 5.41) is 17.3. The van der Waals surface area contributed by atoms with Crippen LogP contribution in [0, 0.1) is 0 Å². The molecule has 2 unspecified atom stereocenters. The molecule has 2 atom stereocenters. The number of rotatable bonds is 4. The van der Waals surface area contributed by atoms with E-state index in [4.69, 9.17) is 0 Å². The van der Waals surface area contributed by atoms with Crippen molar-refractivity contribution in [1.29, 1.82) is 0 Å². The molecule has 0 radical (unpaired) electrons. The van der Waals surface area contributed by atoms with Crippen molar-refractivity contribution in [3.8, 4) is 0 Å². The van der Waals surface area contributed by atoms with Crippen molar-refractivity contribution in [3.63, 3.8) is 0 Å². The maximum Gasteiger partial charge on any atom is 0.191 e. The third-order valence-corrected chi connectivity index (χ3v) is 6.51. The van der Waals surface area contributed by atoms with Gasteiger partial charge in [-0.05, 0) is 37.3 Å². The highest BCUT2D eigenvalue weighted by Gasteiger charge is 2.36. The Bertz CT molecular complexity index is 732. The zero-order valence-corrected chi connectivity index (χ0v) is 14.8. The number of nitrogens with zero attached hydrogens (tertiary/aromatic N) is 1. The highest BCUT2D eigenvalue weighted by Crippen LogP contribution is 2.36. The molecule has 0 bridgehead atoms. The van der Waals surface area contributed by atoms with E-state index < -0.39 is 15.4 Å². The molecule has 0 spiro atoms. The molecule has 0 aromatic heterocycles. The van der Waals surface area contributed by atoms with E-state index in [0.29, 0.717) is 25.3 Å². The van der Waals surface area contributed by atoms with Crippen molar-refractivity contribution < 1.29 is 13.5 Å². The first-order valence-corrected chi connectivity index (χ1v) is 10.3. The molecule has 2 aliphatic rings. The first kappa shape index (κ1) is 17.2. The molecule has 6 nitrogen and oxygen atoms in total. The van der Waals surface area contributed by atoms with Crippen LogP contribution in [0.1, 0.15) is 30.9 Å². The minimum absolute atomic E-state index is 0.113. The van der Waals surface area contributed by atoms with E-state index >= 15 is 0 Å². The lowest BCUT2D eigenvalue weighted by molar-refractivity contribution is 0.0485. The molecular weight excluding hydrogens is 326 g/mol. The van der Waals surface area contributed by atoms with E-state index in [0.717, 1.165) is 12.0 Å². The van der Waals surface area contributed by atoms with Crippen LogP contribution in [-0.2, 0) is 21.9 Å². The molecule has 132 valence electrons. The van der Waals surface area contributed by atoms with Gasteiger partial charge in [0.25, 0.3) is 0 Å². The van der Waals surface area contributed by atoms with Gasteiger partial charge in [-0.2, -0.15) is 0 Å². The standard InChI is InChI=1S/C17H25N3O3S/c1-2-18-16(20-14-8-10-24(22,23)11-14)19-12-17(21)9-7-13-5-3-4-6-15(13)17/h3-6,14,21H,2,7-12H2,1H3,(H2,18,19,20). The smallest absolute Gasteiger partial charge is 0.191 e. The second-order valence-corrected chi connectivity index (χ2v) is 8.86. The number of guanidine groups is 1. The van der Waals surface area contributed by atoms with Crippen molar-refractivity contribution in [2.75, 3.05) is 24.6 Å². The average Bonchev–Trinajstić information content (AvgIpc) is 3.06. The lowest BCUT2D eigenvalue weighted by atomic mass is 9.96. The van der Waals surface area contributed by atoms with Crippen LogP contribution < -0.4 is 10.6 Å². The minimum atomic E-state index is -2.93. The Morgan fingerprint density at radius 1 is 1.42 bits per heavy atom. The largest absolute Gasteiger partial charge is 0.383 e. The number of hydrogen-bond donors (Lipinski definition) is 3. The molecule has 1 fully saturated rings. The van der Waals surface area contributed by atoms with E-state index in [2.05, 4.69) is 15.6 Å². The molecule has 1 heterocycles. The number of aliphatic imine (C=N–C) groups is 1. The summed E-state index contributed by atoms with van der Waals surface area (Å²) in [6, 6.07) is 7.82. The molecule has 1 aliphatic heterocycles. The van der Waals surface area contributed by atoms with Crippen LogP contribution in [0.15, 0.2) is 29.3 Å². The number of benzene rings is 1. The Labute approximate surface area is 143 Å². The Hall–Kier alpha value is -1.60. The molecule has 0 amide bonds. The number of fused-ring (bicyclic) bond motifs is 1. The molecule has 24 heavy (non-hydrogen) atoms. The fourth-order valence-corrected chi connectivity index (χ4v) is 5.14. The highest BCUT2D eigenvalue weighted by molar-refractivity contribution is 7.91. The molecule has 1 aliphatic carbocycles. The number of aliphatic hydroxyl groups is 1. The summed E-state index contributed by atoms with van der Waals surface area (Å²) in [6.45, 7) is 2.90. The predicted molar refractivity (Wildman–Crippen MR) is 94.8 cm³/mol. The first-order chi connectivity index (χ1) is 11.4. The van der Waals surface area contributed by atoms with Crippen molar-refractivity contribution in [3.05, 3.63) is 35.4 Å². The molecule has 1 saturated heterocycles. The number of nitrogens with one attached hydrogen (secondary N) is 2. The summed E-state index contributed by atoms with van der Waals surface area (Å²) in [4.78, 5) is 4.53. The van der Waals surface area contributed by atoms with E-state index in [1.165, 1.54) is 5.56 Å². The molecule has 1 aromatic carbocycles. The SMILES string of the molecule is CCNC(=NCC1(O)CCc2ccccc21)NC1CCS(=O)(=O)C1. The number of aryl methyl sites for hydroxylation is 1. The third kappa shape index (κ3) is 3.72. The van der Waals surface area contributed by atoms with E-state index in [1.54, 1.807) is 0 Å². The topological polar surface area (TPSA) is 90.8 Å². The molecule has 1 aromatic rings.